The molecule has 2 heterocycles. The lowest BCUT2D eigenvalue weighted by atomic mass is 10.1. The van der Waals surface area contributed by atoms with Gasteiger partial charge in [0.2, 0.25) is 0 Å². The number of pyridine rings is 2. The number of nitrogens with zero attached hydrogens (tertiary/aromatic N) is 3. The van der Waals surface area contributed by atoms with Gasteiger partial charge in [-0.2, -0.15) is 0 Å². The Labute approximate surface area is 124 Å². The molecule has 2 N–H and O–H groups in total. The van der Waals surface area contributed by atoms with Gasteiger partial charge in [-0.3, -0.25) is 14.8 Å². The molecule has 0 aliphatic rings. The number of amides is 1. The fourth-order valence-corrected chi connectivity index (χ4v) is 2.04. The van der Waals surface area contributed by atoms with E-state index in [4.69, 9.17) is 5.73 Å². The van der Waals surface area contributed by atoms with Crippen LogP contribution in [0.25, 0.3) is 0 Å². The highest BCUT2D eigenvalue weighted by atomic mass is 16.2. The summed E-state index contributed by atoms with van der Waals surface area (Å²) in [5.74, 6) is -0.0345. The average Bonchev–Trinajstić information content (AvgIpc) is 2.52. The number of nitrogens with two attached hydrogens (primary N) is 1. The maximum Gasteiger partial charge on any atom is 0.254 e. The van der Waals surface area contributed by atoms with Gasteiger partial charge in [0, 0.05) is 30.5 Å². The molecule has 5 nitrogen and oxygen atoms in total. The Bertz CT molecular complexity index is 598. The third-order valence-corrected chi connectivity index (χ3v) is 3.22. The van der Waals surface area contributed by atoms with E-state index in [2.05, 4.69) is 9.97 Å². The van der Waals surface area contributed by atoms with Crippen molar-refractivity contribution in [1.29, 1.82) is 0 Å². The number of carbonyl (C=O) groups excluding carboxylic acids is 1. The lowest BCUT2D eigenvalue weighted by molar-refractivity contribution is 0.0687. The summed E-state index contributed by atoms with van der Waals surface area (Å²) in [6.07, 6.45) is 3.35. The molecule has 0 aliphatic heterocycles. The van der Waals surface area contributed by atoms with Gasteiger partial charge in [-0.1, -0.05) is 6.07 Å². The van der Waals surface area contributed by atoms with Crippen molar-refractivity contribution in [1.82, 2.24) is 14.9 Å². The summed E-state index contributed by atoms with van der Waals surface area (Å²) in [4.78, 5) is 22.9. The van der Waals surface area contributed by atoms with E-state index in [9.17, 15) is 4.79 Å². The van der Waals surface area contributed by atoms with Gasteiger partial charge < -0.3 is 10.6 Å². The Hall–Kier alpha value is -2.27. The van der Waals surface area contributed by atoms with Gasteiger partial charge in [0.15, 0.2) is 0 Å². The summed E-state index contributed by atoms with van der Waals surface area (Å²) in [6.45, 7) is 4.79. The van der Waals surface area contributed by atoms with Gasteiger partial charge in [0.05, 0.1) is 17.9 Å². The Morgan fingerprint density at radius 2 is 1.95 bits per heavy atom. The highest BCUT2D eigenvalue weighted by molar-refractivity contribution is 5.94. The zero-order valence-corrected chi connectivity index (χ0v) is 12.4. The van der Waals surface area contributed by atoms with Crippen LogP contribution < -0.4 is 5.73 Å². The van der Waals surface area contributed by atoms with E-state index in [1.807, 2.05) is 32.0 Å². The van der Waals surface area contributed by atoms with Crippen LogP contribution in [0, 0.1) is 0 Å². The zero-order chi connectivity index (χ0) is 15.2. The molecule has 0 atom stereocenters. The first-order chi connectivity index (χ1) is 10.1. The zero-order valence-electron chi connectivity index (χ0n) is 12.4. The van der Waals surface area contributed by atoms with E-state index < -0.39 is 0 Å². The molecule has 2 aromatic rings. The fourth-order valence-electron chi connectivity index (χ4n) is 2.04. The molecule has 0 fully saturated rings. The van der Waals surface area contributed by atoms with Crippen LogP contribution in [-0.2, 0) is 13.1 Å². The molecule has 0 saturated carbocycles. The largest absolute Gasteiger partial charge is 0.330 e. The van der Waals surface area contributed by atoms with Crippen LogP contribution in [0.4, 0.5) is 0 Å². The minimum Gasteiger partial charge on any atom is -0.330 e. The predicted molar refractivity (Wildman–Crippen MR) is 81.4 cm³/mol. The maximum atomic E-state index is 12.7. The highest BCUT2D eigenvalue weighted by Gasteiger charge is 2.19. The van der Waals surface area contributed by atoms with E-state index >= 15 is 0 Å². The maximum absolute atomic E-state index is 12.7. The summed E-state index contributed by atoms with van der Waals surface area (Å²) in [5, 5.41) is 0. The fraction of sp³-hybridized carbons (Fsp3) is 0.312. The summed E-state index contributed by atoms with van der Waals surface area (Å²) in [5.41, 5.74) is 7.77. The summed E-state index contributed by atoms with van der Waals surface area (Å²) in [6, 6.07) is 9.24. The second-order valence-electron chi connectivity index (χ2n) is 5.09. The minimum absolute atomic E-state index is 0.0345. The Morgan fingerprint density at radius 3 is 2.57 bits per heavy atom. The molecule has 5 heteroatoms. The lowest BCUT2D eigenvalue weighted by Crippen LogP contribution is -2.36. The third kappa shape index (κ3) is 3.86. The van der Waals surface area contributed by atoms with Crippen molar-refractivity contribution in [2.45, 2.75) is 33.0 Å². The molecule has 0 aromatic carbocycles. The van der Waals surface area contributed by atoms with Crippen molar-refractivity contribution in [2.24, 2.45) is 5.73 Å². The van der Waals surface area contributed by atoms with Crippen LogP contribution in [0.5, 0.6) is 0 Å². The summed E-state index contributed by atoms with van der Waals surface area (Å²) in [7, 11) is 0. The third-order valence-electron chi connectivity index (χ3n) is 3.22. The van der Waals surface area contributed by atoms with E-state index in [1.54, 1.807) is 29.4 Å². The second-order valence-corrected chi connectivity index (χ2v) is 5.09. The molecule has 0 aliphatic carbocycles. The monoisotopic (exact) mass is 284 g/mol. The van der Waals surface area contributed by atoms with Crippen molar-refractivity contribution < 1.29 is 4.79 Å². The SMILES string of the molecule is CC(C)N(Cc1ccccn1)C(=O)c1ccnc(CN)c1. The lowest BCUT2D eigenvalue weighted by Gasteiger charge is -2.26. The number of hydrogen-bond acceptors (Lipinski definition) is 4. The molecule has 0 radical (unpaired) electrons. The van der Waals surface area contributed by atoms with E-state index in [-0.39, 0.29) is 11.9 Å². The van der Waals surface area contributed by atoms with E-state index in [1.165, 1.54) is 0 Å². The molecular formula is C16H20N4O. The Balaban J connectivity index is 2.23. The van der Waals surface area contributed by atoms with Gasteiger partial charge in [0.25, 0.3) is 5.91 Å². The molecular weight excluding hydrogens is 264 g/mol. The van der Waals surface area contributed by atoms with Gasteiger partial charge in [0.1, 0.15) is 0 Å². The van der Waals surface area contributed by atoms with Crippen molar-refractivity contribution in [2.75, 3.05) is 0 Å². The van der Waals surface area contributed by atoms with Crippen LogP contribution in [-0.4, -0.2) is 26.8 Å². The molecule has 1 amide bonds. The topological polar surface area (TPSA) is 72.1 Å². The first-order valence-electron chi connectivity index (χ1n) is 6.97. The normalized spacial score (nSPS) is 10.7. The van der Waals surface area contributed by atoms with Crippen LogP contribution >= 0.6 is 0 Å². The van der Waals surface area contributed by atoms with Crippen molar-refractivity contribution in [3.05, 3.63) is 59.7 Å². The molecule has 0 spiro atoms. The summed E-state index contributed by atoms with van der Waals surface area (Å²) >= 11 is 0. The van der Waals surface area contributed by atoms with Crippen molar-refractivity contribution >= 4 is 5.91 Å². The van der Waals surface area contributed by atoms with Crippen molar-refractivity contribution in [3.63, 3.8) is 0 Å². The van der Waals surface area contributed by atoms with Gasteiger partial charge in [-0.15, -0.1) is 0 Å². The highest BCUT2D eigenvalue weighted by Crippen LogP contribution is 2.12. The predicted octanol–water partition coefficient (Wildman–Crippen LogP) is 1.99. The first kappa shape index (κ1) is 15.1. The molecule has 0 unspecified atom stereocenters. The number of aromatic nitrogens is 2. The number of rotatable bonds is 5. The van der Waals surface area contributed by atoms with E-state index in [0.29, 0.717) is 24.3 Å². The second kappa shape index (κ2) is 6.95. The average molecular weight is 284 g/mol. The number of hydrogen-bond donors (Lipinski definition) is 1. The number of carbonyl (C=O) groups is 1. The minimum atomic E-state index is -0.0345. The molecule has 2 aromatic heterocycles. The van der Waals surface area contributed by atoms with Gasteiger partial charge >= 0.3 is 0 Å². The van der Waals surface area contributed by atoms with E-state index in [0.717, 1.165) is 5.69 Å². The molecule has 21 heavy (non-hydrogen) atoms. The summed E-state index contributed by atoms with van der Waals surface area (Å²) < 4.78 is 0. The van der Waals surface area contributed by atoms with Crippen LogP contribution in [0.1, 0.15) is 35.6 Å². The smallest absolute Gasteiger partial charge is 0.254 e. The van der Waals surface area contributed by atoms with Crippen molar-refractivity contribution in [3.8, 4) is 0 Å². The standard InChI is InChI=1S/C16H20N4O/c1-12(2)20(11-14-5-3-4-7-18-14)16(21)13-6-8-19-15(9-13)10-17/h3-9,12H,10-11,17H2,1-2H3. The van der Waals surface area contributed by atoms with Crippen LogP contribution in [0.2, 0.25) is 0 Å². The Morgan fingerprint density at radius 1 is 1.19 bits per heavy atom. The first-order valence-corrected chi connectivity index (χ1v) is 6.97. The Kier molecular flexibility index (Phi) is 5.00. The molecule has 2 rings (SSSR count). The van der Waals surface area contributed by atoms with Crippen LogP contribution in [0.15, 0.2) is 42.7 Å². The van der Waals surface area contributed by atoms with Gasteiger partial charge in [-0.25, -0.2) is 0 Å². The van der Waals surface area contributed by atoms with Gasteiger partial charge in [-0.05, 0) is 38.1 Å². The molecule has 0 bridgehead atoms. The molecule has 0 saturated heterocycles. The quantitative estimate of drug-likeness (QED) is 0.911. The molecule has 110 valence electrons. The van der Waals surface area contributed by atoms with Crippen LogP contribution in [0.3, 0.4) is 0 Å².